The van der Waals surface area contributed by atoms with E-state index in [4.69, 9.17) is 4.42 Å². The van der Waals surface area contributed by atoms with E-state index < -0.39 is 5.60 Å². The number of rotatable bonds is 9. The van der Waals surface area contributed by atoms with Gasteiger partial charge in [0.25, 0.3) is 0 Å². The van der Waals surface area contributed by atoms with Gasteiger partial charge in [-0.2, -0.15) is 0 Å². The molecule has 1 aromatic carbocycles. The lowest BCUT2D eigenvalue weighted by molar-refractivity contribution is 0.0428. The van der Waals surface area contributed by atoms with Gasteiger partial charge in [0.1, 0.15) is 22.9 Å². The van der Waals surface area contributed by atoms with Crippen LogP contribution < -0.4 is 10.6 Å². The number of hydrogen-bond donors (Lipinski definition) is 3. The van der Waals surface area contributed by atoms with Gasteiger partial charge >= 0.3 is 0 Å². The van der Waals surface area contributed by atoms with Crippen molar-refractivity contribution in [1.29, 1.82) is 0 Å². The van der Waals surface area contributed by atoms with Gasteiger partial charge in [-0.25, -0.2) is 9.38 Å². The molecule has 0 amide bonds. The maximum Gasteiger partial charge on any atom is 0.191 e. The number of furan rings is 1. The fourth-order valence-corrected chi connectivity index (χ4v) is 2.72. The number of nitrogens with one attached hydrogen (secondary N) is 2. The predicted molar refractivity (Wildman–Crippen MR) is 125 cm³/mol. The fourth-order valence-electron chi connectivity index (χ4n) is 2.72. The number of halogens is 2. The zero-order valence-corrected chi connectivity index (χ0v) is 19.9. The van der Waals surface area contributed by atoms with Crippen LogP contribution in [0.2, 0.25) is 0 Å². The number of aliphatic hydroxyl groups is 1. The van der Waals surface area contributed by atoms with Gasteiger partial charge in [-0.15, -0.1) is 24.0 Å². The highest BCUT2D eigenvalue weighted by Gasteiger charge is 2.26. The summed E-state index contributed by atoms with van der Waals surface area (Å²) in [5.41, 5.74) is -0.107. The van der Waals surface area contributed by atoms with E-state index in [-0.39, 0.29) is 36.3 Å². The monoisotopic (exact) mass is 518 g/mol. The third-order valence-corrected chi connectivity index (χ3v) is 4.31. The minimum atomic E-state index is -1.17. The van der Waals surface area contributed by atoms with Crippen LogP contribution in [0.5, 0.6) is 0 Å². The van der Waals surface area contributed by atoms with E-state index in [0.29, 0.717) is 18.3 Å². The minimum absolute atomic E-state index is 0. The summed E-state index contributed by atoms with van der Waals surface area (Å²) in [5.74, 6) is 1.68. The Morgan fingerprint density at radius 1 is 1.21 bits per heavy atom. The average Bonchev–Trinajstić information content (AvgIpc) is 3.09. The summed E-state index contributed by atoms with van der Waals surface area (Å²) in [6, 6.07) is 10.1. The molecular weight excluding hydrogens is 486 g/mol. The smallest absolute Gasteiger partial charge is 0.191 e. The van der Waals surface area contributed by atoms with Gasteiger partial charge in [-0.05, 0) is 57.6 Å². The normalized spacial score (nSPS) is 13.7. The Morgan fingerprint density at radius 2 is 1.90 bits per heavy atom. The largest absolute Gasteiger partial charge is 0.463 e. The van der Waals surface area contributed by atoms with Crippen molar-refractivity contribution >= 4 is 29.9 Å². The first-order valence-corrected chi connectivity index (χ1v) is 9.54. The van der Waals surface area contributed by atoms with E-state index in [2.05, 4.69) is 20.5 Å². The Hall–Kier alpha value is -1.65. The molecule has 1 heterocycles. The number of likely N-dealkylation sites (N-methyl/N-ethyl adjacent to an activating group) is 1. The van der Waals surface area contributed by atoms with Gasteiger partial charge in [0.15, 0.2) is 5.96 Å². The maximum atomic E-state index is 13.0. The maximum absolute atomic E-state index is 13.0. The summed E-state index contributed by atoms with van der Waals surface area (Å²) in [7, 11) is 2.01. The molecule has 1 aromatic heterocycles. The first-order chi connectivity index (χ1) is 13.3. The molecule has 0 fully saturated rings. The topological polar surface area (TPSA) is 73.0 Å². The van der Waals surface area contributed by atoms with E-state index in [0.717, 1.165) is 31.0 Å². The Bertz CT molecular complexity index is 762. The lowest BCUT2D eigenvalue weighted by Crippen LogP contribution is -2.41. The summed E-state index contributed by atoms with van der Waals surface area (Å²) in [6.07, 6.45) is 0. The van der Waals surface area contributed by atoms with Crippen LogP contribution in [0.1, 0.15) is 30.9 Å². The Balaban J connectivity index is 0.00000420. The van der Waals surface area contributed by atoms with Crippen LogP contribution in [0, 0.1) is 12.7 Å². The summed E-state index contributed by atoms with van der Waals surface area (Å²) < 4.78 is 18.5. The van der Waals surface area contributed by atoms with Gasteiger partial charge in [-0.3, -0.25) is 0 Å². The molecule has 0 radical (unpaired) electrons. The molecule has 1 unspecified atom stereocenters. The molecule has 3 N–H and O–H groups in total. The second-order valence-corrected chi connectivity index (χ2v) is 7.17. The highest BCUT2D eigenvalue weighted by Crippen LogP contribution is 2.23. The zero-order chi connectivity index (χ0) is 20.6. The molecule has 0 aliphatic rings. The Labute approximate surface area is 189 Å². The number of guanidine groups is 1. The van der Waals surface area contributed by atoms with Crippen LogP contribution in [0.4, 0.5) is 4.39 Å². The van der Waals surface area contributed by atoms with Crippen molar-refractivity contribution in [3.63, 3.8) is 0 Å². The van der Waals surface area contributed by atoms with Crippen molar-refractivity contribution < 1.29 is 13.9 Å². The molecule has 29 heavy (non-hydrogen) atoms. The molecule has 8 heteroatoms. The third-order valence-electron chi connectivity index (χ3n) is 4.31. The Morgan fingerprint density at radius 3 is 2.48 bits per heavy atom. The van der Waals surface area contributed by atoms with E-state index >= 15 is 0 Å². The molecule has 0 saturated carbocycles. The van der Waals surface area contributed by atoms with E-state index in [1.54, 1.807) is 25.1 Å². The van der Waals surface area contributed by atoms with Crippen molar-refractivity contribution in [3.05, 3.63) is 59.3 Å². The van der Waals surface area contributed by atoms with Gasteiger partial charge < -0.3 is 25.1 Å². The van der Waals surface area contributed by atoms with Gasteiger partial charge in [0, 0.05) is 26.2 Å². The molecule has 2 rings (SSSR count). The standard InChI is InChI=1S/C21H31FN4O2.HI/c1-5-23-20(25-15-21(3,27)19-11-6-16(2)28-19)24-12-13-26(4)14-17-7-9-18(22)10-8-17;/h6-11,27H,5,12-15H2,1-4H3,(H2,23,24,25);1H. The van der Waals surface area contributed by atoms with E-state index in [1.807, 2.05) is 27.0 Å². The van der Waals surface area contributed by atoms with Crippen molar-refractivity contribution in [2.24, 2.45) is 4.99 Å². The molecule has 0 spiro atoms. The fraction of sp³-hybridized carbons (Fsp3) is 0.476. The highest BCUT2D eigenvalue weighted by atomic mass is 127. The zero-order valence-electron chi connectivity index (χ0n) is 17.5. The summed E-state index contributed by atoms with van der Waals surface area (Å²) in [5, 5.41) is 17.1. The molecule has 162 valence electrons. The first kappa shape index (κ1) is 25.4. The first-order valence-electron chi connectivity index (χ1n) is 9.54. The van der Waals surface area contributed by atoms with Gasteiger partial charge in [0.05, 0.1) is 6.54 Å². The van der Waals surface area contributed by atoms with Crippen LogP contribution >= 0.6 is 24.0 Å². The summed E-state index contributed by atoms with van der Waals surface area (Å²) in [6.45, 7) is 8.64. The van der Waals surface area contributed by atoms with E-state index in [9.17, 15) is 9.50 Å². The summed E-state index contributed by atoms with van der Waals surface area (Å²) in [4.78, 5) is 6.63. The average molecular weight is 518 g/mol. The molecule has 0 saturated heterocycles. The third kappa shape index (κ3) is 8.71. The molecule has 6 nitrogen and oxygen atoms in total. The molecule has 0 bridgehead atoms. The van der Waals surface area contributed by atoms with Crippen LogP contribution in [-0.4, -0.2) is 49.2 Å². The van der Waals surface area contributed by atoms with Gasteiger partial charge in [-0.1, -0.05) is 12.1 Å². The lowest BCUT2D eigenvalue weighted by atomic mass is 10.0. The molecule has 0 aliphatic heterocycles. The van der Waals surface area contributed by atoms with Gasteiger partial charge in [0.2, 0.25) is 0 Å². The quantitative estimate of drug-likeness (QED) is 0.270. The number of aryl methyl sites for hydroxylation is 1. The predicted octanol–water partition coefficient (Wildman–Crippen LogP) is 3.24. The highest BCUT2D eigenvalue weighted by molar-refractivity contribution is 14.0. The molecular formula is C21H32FIN4O2. The number of aliphatic imine (C=N–C) groups is 1. The van der Waals surface area contributed by atoms with Crippen molar-refractivity contribution in [1.82, 2.24) is 15.5 Å². The number of hydrogen-bond acceptors (Lipinski definition) is 4. The van der Waals surface area contributed by atoms with Crippen molar-refractivity contribution in [3.8, 4) is 0 Å². The lowest BCUT2D eigenvalue weighted by Gasteiger charge is -2.21. The molecule has 1 atom stereocenters. The van der Waals surface area contributed by atoms with Crippen LogP contribution in [0.3, 0.4) is 0 Å². The van der Waals surface area contributed by atoms with Crippen LogP contribution in [-0.2, 0) is 12.1 Å². The van der Waals surface area contributed by atoms with Crippen molar-refractivity contribution in [2.75, 3.05) is 33.2 Å². The van der Waals surface area contributed by atoms with Crippen LogP contribution in [0.15, 0.2) is 45.8 Å². The van der Waals surface area contributed by atoms with E-state index in [1.165, 1.54) is 12.1 Å². The minimum Gasteiger partial charge on any atom is -0.463 e. The number of benzene rings is 1. The number of nitrogens with zero attached hydrogens (tertiary/aromatic N) is 2. The SMILES string of the molecule is CCNC(=NCC(C)(O)c1ccc(C)o1)NCCN(C)Cc1ccc(F)cc1.I. The molecule has 2 aromatic rings. The second-order valence-electron chi connectivity index (χ2n) is 7.17. The molecule has 0 aliphatic carbocycles. The van der Waals surface area contributed by atoms with Crippen LogP contribution in [0.25, 0.3) is 0 Å². The second kappa shape index (κ2) is 12.1. The Kier molecular flexibility index (Phi) is 10.6. The van der Waals surface area contributed by atoms with Crippen molar-refractivity contribution in [2.45, 2.75) is 32.9 Å². The summed E-state index contributed by atoms with van der Waals surface area (Å²) >= 11 is 0.